The third kappa shape index (κ3) is 4.41. The maximum atomic E-state index is 12.2. The first-order chi connectivity index (χ1) is 12.3. The minimum atomic E-state index is -0.526. The molecule has 138 valence electrons. The molecule has 0 unspecified atom stereocenters. The number of benzene rings is 1. The summed E-state index contributed by atoms with van der Waals surface area (Å²) < 4.78 is 5.41. The lowest BCUT2D eigenvalue weighted by molar-refractivity contribution is -0.115. The van der Waals surface area contributed by atoms with E-state index in [1.165, 1.54) is 0 Å². The highest BCUT2D eigenvalue weighted by molar-refractivity contribution is 5.92. The van der Waals surface area contributed by atoms with E-state index in [4.69, 9.17) is 4.74 Å². The number of rotatable bonds is 3. The number of fused-ring (bicyclic) bond motifs is 1. The van der Waals surface area contributed by atoms with Crippen molar-refractivity contribution in [2.75, 3.05) is 11.9 Å². The van der Waals surface area contributed by atoms with Gasteiger partial charge in [-0.05, 0) is 32.8 Å². The van der Waals surface area contributed by atoms with Crippen molar-refractivity contribution < 1.29 is 14.3 Å². The average molecular weight is 356 g/mol. The maximum absolute atomic E-state index is 12.2. The van der Waals surface area contributed by atoms with Crippen molar-refractivity contribution in [2.24, 2.45) is 0 Å². The highest BCUT2D eigenvalue weighted by Crippen LogP contribution is 2.25. The van der Waals surface area contributed by atoms with E-state index in [0.717, 1.165) is 16.8 Å². The van der Waals surface area contributed by atoms with Gasteiger partial charge in [0, 0.05) is 12.1 Å². The summed E-state index contributed by atoms with van der Waals surface area (Å²) in [5.74, 6) is 0.435. The van der Waals surface area contributed by atoms with Gasteiger partial charge in [0.05, 0.1) is 18.7 Å². The van der Waals surface area contributed by atoms with Gasteiger partial charge in [0.1, 0.15) is 5.60 Å². The van der Waals surface area contributed by atoms with Gasteiger partial charge < -0.3 is 15.0 Å². The van der Waals surface area contributed by atoms with E-state index < -0.39 is 5.60 Å². The van der Waals surface area contributed by atoms with Gasteiger partial charge in [-0.15, -0.1) is 0 Å². The highest BCUT2D eigenvalue weighted by atomic mass is 16.6. The summed E-state index contributed by atoms with van der Waals surface area (Å²) in [5, 5.41) is 10.0. The van der Waals surface area contributed by atoms with E-state index in [0.29, 0.717) is 31.7 Å². The number of aromatic amines is 1. The smallest absolute Gasteiger partial charge is 0.410 e. The maximum Gasteiger partial charge on any atom is 0.410 e. The van der Waals surface area contributed by atoms with E-state index >= 15 is 0 Å². The van der Waals surface area contributed by atoms with Crippen LogP contribution >= 0.6 is 0 Å². The number of aromatic nitrogens is 2. The molecule has 3 rings (SSSR count). The molecule has 0 saturated heterocycles. The molecule has 0 bridgehead atoms. The number of carbonyl (C=O) groups is 2. The number of carbonyl (C=O) groups excluding carboxylic acids is 2. The largest absolute Gasteiger partial charge is 0.444 e. The zero-order valence-corrected chi connectivity index (χ0v) is 15.3. The van der Waals surface area contributed by atoms with Crippen molar-refractivity contribution in [1.82, 2.24) is 15.1 Å². The molecule has 2 amide bonds. The number of hydrogen-bond donors (Lipinski definition) is 2. The van der Waals surface area contributed by atoms with Crippen molar-refractivity contribution in [1.29, 1.82) is 0 Å². The van der Waals surface area contributed by atoms with Gasteiger partial charge in [-0.3, -0.25) is 9.89 Å². The Morgan fingerprint density at radius 1 is 1.27 bits per heavy atom. The van der Waals surface area contributed by atoms with Crippen LogP contribution in [0.2, 0.25) is 0 Å². The number of nitrogens with zero attached hydrogens (tertiary/aromatic N) is 2. The third-order valence-electron chi connectivity index (χ3n) is 4.05. The molecule has 1 aliphatic heterocycles. The van der Waals surface area contributed by atoms with Crippen LogP contribution in [0.25, 0.3) is 0 Å². The molecule has 0 fully saturated rings. The van der Waals surface area contributed by atoms with E-state index in [1.54, 1.807) is 4.90 Å². The van der Waals surface area contributed by atoms with Crippen LogP contribution in [0.3, 0.4) is 0 Å². The summed E-state index contributed by atoms with van der Waals surface area (Å²) in [6.45, 7) is 6.46. The molecular formula is C19H24N4O3. The van der Waals surface area contributed by atoms with Crippen molar-refractivity contribution in [2.45, 2.75) is 45.8 Å². The monoisotopic (exact) mass is 356 g/mol. The molecule has 0 atom stereocenters. The minimum Gasteiger partial charge on any atom is -0.444 e. The number of nitrogens with one attached hydrogen (secondary N) is 2. The lowest BCUT2D eigenvalue weighted by Crippen LogP contribution is -2.40. The van der Waals surface area contributed by atoms with Gasteiger partial charge >= 0.3 is 6.09 Å². The third-order valence-corrected chi connectivity index (χ3v) is 4.05. The summed E-state index contributed by atoms with van der Waals surface area (Å²) in [6, 6.07) is 9.56. The topological polar surface area (TPSA) is 87.3 Å². The molecule has 0 saturated carbocycles. The Bertz CT molecular complexity index is 793. The normalized spacial score (nSPS) is 13.9. The summed E-state index contributed by atoms with van der Waals surface area (Å²) in [4.78, 5) is 26.1. The number of hydrogen-bond acceptors (Lipinski definition) is 4. The lowest BCUT2D eigenvalue weighted by atomic mass is 10.1. The fourth-order valence-corrected chi connectivity index (χ4v) is 2.86. The fraction of sp³-hybridized carbons (Fsp3) is 0.421. The summed E-state index contributed by atoms with van der Waals surface area (Å²) in [7, 11) is 0. The predicted octanol–water partition coefficient (Wildman–Crippen LogP) is 2.88. The van der Waals surface area contributed by atoms with Gasteiger partial charge in [0.25, 0.3) is 0 Å². The van der Waals surface area contributed by atoms with Crippen molar-refractivity contribution in [3.8, 4) is 0 Å². The Hall–Kier alpha value is -2.83. The molecule has 1 aromatic heterocycles. The Kier molecular flexibility index (Phi) is 4.97. The standard InChI is InChI=1S/C19H24N4O3/c1-19(2,3)26-18(25)23-10-9-14-15(12-23)21-22-17(14)20-16(24)11-13-7-5-4-6-8-13/h4-8H,9-12H2,1-3H3,(H2,20,21,22,24). The number of H-pyrrole nitrogens is 1. The molecule has 7 nitrogen and oxygen atoms in total. The highest BCUT2D eigenvalue weighted by Gasteiger charge is 2.28. The molecule has 1 aliphatic rings. The Morgan fingerprint density at radius 3 is 2.69 bits per heavy atom. The molecule has 1 aromatic carbocycles. The molecule has 0 radical (unpaired) electrons. The lowest BCUT2D eigenvalue weighted by Gasteiger charge is -2.29. The number of anilines is 1. The average Bonchev–Trinajstić information content (AvgIpc) is 2.96. The van der Waals surface area contributed by atoms with E-state index in [-0.39, 0.29) is 12.0 Å². The van der Waals surface area contributed by atoms with E-state index in [1.807, 2.05) is 51.1 Å². The molecule has 2 heterocycles. The predicted molar refractivity (Wildman–Crippen MR) is 97.7 cm³/mol. The van der Waals surface area contributed by atoms with Gasteiger partial charge in [-0.1, -0.05) is 30.3 Å². The molecule has 26 heavy (non-hydrogen) atoms. The first kappa shape index (κ1) is 18.0. The second kappa shape index (κ2) is 7.19. The van der Waals surface area contributed by atoms with Crippen LogP contribution in [0, 0.1) is 0 Å². The zero-order chi connectivity index (χ0) is 18.7. The fourth-order valence-electron chi connectivity index (χ4n) is 2.86. The molecular weight excluding hydrogens is 332 g/mol. The van der Waals surface area contributed by atoms with Crippen LogP contribution in [0.5, 0.6) is 0 Å². The van der Waals surface area contributed by atoms with Crippen LogP contribution < -0.4 is 5.32 Å². The Labute approximate surface area is 152 Å². The summed E-state index contributed by atoms with van der Waals surface area (Å²) in [6.07, 6.45) is 0.575. The second-order valence-electron chi connectivity index (χ2n) is 7.39. The van der Waals surface area contributed by atoms with Crippen LogP contribution in [0.1, 0.15) is 37.6 Å². The second-order valence-corrected chi connectivity index (χ2v) is 7.39. The summed E-state index contributed by atoms with van der Waals surface area (Å²) in [5.41, 5.74) is 2.20. The summed E-state index contributed by atoms with van der Waals surface area (Å²) >= 11 is 0. The molecule has 7 heteroatoms. The van der Waals surface area contributed by atoms with E-state index in [2.05, 4.69) is 15.5 Å². The SMILES string of the molecule is CC(C)(C)OC(=O)N1CCc2c(NC(=O)Cc3ccccc3)n[nH]c2C1. The Morgan fingerprint density at radius 2 is 2.00 bits per heavy atom. The van der Waals surface area contributed by atoms with Gasteiger partial charge in [-0.2, -0.15) is 5.10 Å². The minimum absolute atomic E-state index is 0.111. The van der Waals surface area contributed by atoms with Crippen LogP contribution in [-0.4, -0.2) is 39.2 Å². The Balaban J connectivity index is 1.62. The van der Waals surface area contributed by atoms with Gasteiger partial charge in [0.2, 0.25) is 5.91 Å². The van der Waals surface area contributed by atoms with Crippen LogP contribution in [0.4, 0.5) is 10.6 Å². The molecule has 0 aliphatic carbocycles. The quantitative estimate of drug-likeness (QED) is 0.885. The van der Waals surface area contributed by atoms with Crippen LogP contribution in [0.15, 0.2) is 30.3 Å². The number of amides is 2. The van der Waals surface area contributed by atoms with Gasteiger partial charge in [-0.25, -0.2) is 4.79 Å². The first-order valence-electron chi connectivity index (χ1n) is 8.69. The molecule has 2 N–H and O–H groups in total. The molecule has 2 aromatic rings. The number of ether oxygens (including phenoxy) is 1. The van der Waals surface area contributed by atoms with Crippen LogP contribution in [-0.2, 0) is 28.9 Å². The van der Waals surface area contributed by atoms with E-state index in [9.17, 15) is 9.59 Å². The van der Waals surface area contributed by atoms with Gasteiger partial charge in [0.15, 0.2) is 5.82 Å². The molecule has 0 spiro atoms. The zero-order valence-electron chi connectivity index (χ0n) is 15.3. The van der Waals surface area contributed by atoms with Crippen molar-refractivity contribution in [3.05, 3.63) is 47.2 Å². The van der Waals surface area contributed by atoms with Crippen molar-refractivity contribution >= 4 is 17.8 Å². The first-order valence-corrected chi connectivity index (χ1v) is 8.69. The van der Waals surface area contributed by atoms with Crippen molar-refractivity contribution in [3.63, 3.8) is 0 Å².